The lowest BCUT2D eigenvalue weighted by Gasteiger charge is -2.01. The first-order chi connectivity index (χ1) is 7.66. The van der Waals surface area contributed by atoms with E-state index in [0.717, 1.165) is 38.5 Å². The number of carbonyl (C=O) groups is 2. The second kappa shape index (κ2) is 10.6. The summed E-state index contributed by atoms with van der Waals surface area (Å²) in [5, 5.41) is 0. The maximum absolute atomic E-state index is 10.9. The van der Waals surface area contributed by atoms with Crippen molar-refractivity contribution >= 4 is 11.7 Å². The van der Waals surface area contributed by atoms with Gasteiger partial charge in [0.15, 0.2) is 0 Å². The molecule has 0 aromatic heterocycles. The third-order valence-electron chi connectivity index (χ3n) is 2.61. The summed E-state index contributed by atoms with van der Waals surface area (Å²) in [4.78, 5) is 21.3. The van der Waals surface area contributed by atoms with Crippen LogP contribution in [0.4, 0.5) is 0 Å². The average molecular weight is 228 g/mol. The summed E-state index contributed by atoms with van der Waals surface area (Å²) >= 11 is 0. The molecular formula is C12H24N2O2. The van der Waals surface area contributed by atoms with Crippen LogP contribution in [0.1, 0.15) is 57.8 Å². The molecule has 0 aliphatic carbocycles. The summed E-state index contributed by atoms with van der Waals surface area (Å²) in [7, 11) is 0. The fraction of sp³-hybridized carbons (Fsp3) is 0.833. The lowest BCUT2D eigenvalue weighted by molar-refractivity contribution is -0.118. The van der Waals surface area contributed by atoms with Gasteiger partial charge in [0, 0.05) is 12.8 Å². The van der Waals surface area contributed by atoms with Gasteiger partial charge in [0.1, 0.15) is 5.78 Å². The van der Waals surface area contributed by atoms with Crippen LogP contribution in [0, 0.1) is 0 Å². The Labute approximate surface area is 97.8 Å². The minimum atomic E-state index is -0.208. The topological polar surface area (TPSA) is 86.2 Å². The van der Waals surface area contributed by atoms with Crippen LogP contribution in [0.15, 0.2) is 0 Å². The van der Waals surface area contributed by atoms with E-state index in [4.69, 9.17) is 11.5 Å². The van der Waals surface area contributed by atoms with Crippen LogP contribution < -0.4 is 11.5 Å². The van der Waals surface area contributed by atoms with E-state index in [1.54, 1.807) is 0 Å². The maximum atomic E-state index is 10.9. The Morgan fingerprint density at radius 2 is 1.19 bits per heavy atom. The van der Waals surface area contributed by atoms with Crippen molar-refractivity contribution in [1.29, 1.82) is 0 Å². The van der Waals surface area contributed by atoms with E-state index in [1.165, 1.54) is 6.42 Å². The number of Topliss-reactive ketones (excluding diaryl/α,β-unsaturated/α-hetero) is 1. The molecule has 0 aromatic carbocycles. The first-order valence-corrected chi connectivity index (χ1v) is 6.17. The normalized spacial score (nSPS) is 10.3. The summed E-state index contributed by atoms with van der Waals surface area (Å²) in [5.41, 5.74) is 10.2. The molecule has 0 bridgehead atoms. The Kier molecular flexibility index (Phi) is 10.0. The van der Waals surface area contributed by atoms with E-state index in [-0.39, 0.29) is 18.2 Å². The Morgan fingerprint density at radius 3 is 1.62 bits per heavy atom. The molecule has 0 heterocycles. The van der Waals surface area contributed by atoms with Gasteiger partial charge < -0.3 is 11.5 Å². The molecule has 0 radical (unpaired) electrons. The highest BCUT2D eigenvalue weighted by Gasteiger charge is 1.98. The predicted molar refractivity (Wildman–Crippen MR) is 64.8 cm³/mol. The molecule has 1 amide bonds. The molecule has 4 heteroatoms. The highest BCUT2D eigenvalue weighted by Crippen LogP contribution is 2.09. The van der Waals surface area contributed by atoms with Crippen molar-refractivity contribution in [3.8, 4) is 0 Å². The Morgan fingerprint density at radius 1 is 0.750 bits per heavy atom. The lowest BCUT2D eigenvalue weighted by Crippen LogP contribution is -2.12. The number of nitrogens with two attached hydrogens (primary N) is 2. The van der Waals surface area contributed by atoms with E-state index >= 15 is 0 Å². The Hall–Kier alpha value is -0.900. The molecule has 0 fully saturated rings. The fourth-order valence-corrected chi connectivity index (χ4v) is 1.61. The minimum Gasteiger partial charge on any atom is -0.370 e. The van der Waals surface area contributed by atoms with E-state index in [9.17, 15) is 9.59 Å². The number of rotatable bonds is 11. The number of primary amides is 1. The molecular weight excluding hydrogens is 204 g/mol. The van der Waals surface area contributed by atoms with Gasteiger partial charge in [0.25, 0.3) is 0 Å². The van der Waals surface area contributed by atoms with Gasteiger partial charge in [-0.25, -0.2) is 0 Å². The smallest absolute Gasteiger partial charge is 0.217 e. The van der Waals surface area contributed by atoms with Crippen LogP contribution in [0.5, 0.6) is 0 Å². The largest absolute Gasteiger partial charge is 0.370 e. The summed E-state index contributed by atoms with van der Waals surface area (Å²) in [6, 6.07) is 0. The molecule has 4 nitrogen and oxygen atoms in total. The molecule has 94 valence electrons. The zero-order chi connectivity index (χ0) is 12.2. The zero-order valence-corrected chi connectivity index (χ0v) is 10.0. The number of hydrogen-bond donors (Lipinski definition) is 2. The third kappa shape index (κ3) is 11.2. The van der Waals surface area contributed by atoms with Gasteiger partial charge in [-0.3, -0.25) is 9.59 Å². The number of ketones is 1. The van der Waals surface area contributed by atoms with Gasteiger partial charge in [-0.15, -0.1) is 0 Å². The van der Waals surface area contributed by atoms with Crippen LogP contribution in [-0.4, -0.2) is 18.2 Å². The van der Waals surface area contributed by atoms with E-state index in [2.05, 4.69) is 0 Å². The van der Waals surface area contributed by atoms with Crippen molar-refractivity contribution < 1.29 is 9.59 Å². The number of carbonyl (C=O) groups excluding carboxylic acids is 2. The molecule has 4 N–H and O–H groups in total. The molecule has 16 heavy (non-hydrogen) atoms. The minimum absolute atomic E-state index is 0.154. The quantitative estimate of drug-likeness (QED) is 0.525. The van der Waals surface area contributed by atoms with Gasteiger partial charge in [-0.2, -0.15) is 0 Å². The molecule has 0 aliphatic rings. The van der Waals surface area contributed by atoms with E-state index < -0.39 is 0 Å². The lowest BCUT2D eigenvalue weighted by atomic mass is 10.1. The third-order valence-corrected chi connectivity index (χ3v) is 2.61. The number of amides is 1. The monoisotopic (exact) mass is 228 g/mol. The van der Waals surface area contributed by atoms with Crippen LogP contribution in [-0.2, 0) is 9.59 Å². The van der Waals surface area contributed by atoms with Crippen LogP contribution in [0.25, 0.3) is 0 Å². The van der Waals surface area contributed by atoms with Crippen molar-refractivity contribution in [3.05, 3.63) is 0 Å². The van der Waals surface area contributed by atoms with Crippen LogP contribution >= 0.6 is 0 Å². The highest BCUT2D eigenvalue weighted by molar-refractivity contribution is 5.80. The molecule has 0 spiro atoms. The molecule has 0 rings (SSSR count). The SMILES string of the molecule is NCC(=O)CCCCCCCCCC(N)=O. The summed E-state index contributed by atoms with van der Waals surface area (Å²) in [6.45, 7) is 0.174. The highest BCUT2D eigenvalue weighted by atomic mass is 16.1. The van der Waals surface area contributed by atoms with E-state index in [0.29, 0.717) is 12.8 Å². The van der Waals surface area contributed by atoms with Crippen molar-refractivity contribution in [2.24, 2.45) is 11.5 Å². The molecule has 0 atom stereocenters. The second-order valence-corrected chi connectivity index (χ2v) is 4.18. The Balaban J connectivity index is 3.04. The van der Waals surface area contributed by atoms with Gasteiger partial charge in [0.2, 0.25) is 5.91 Å². The zero-order valence-electron chi connectivity index (χ0n) is 10.0. The molecule has 0 aliphatic heterocycles. The predicted octanol–water partition coefficient (Wildman–Crippen LogP) is 1.51. The maximum Gasteiger partial charge on any atom is 0.217 e. The fourth-order valence-electron chi connectivity index (χ4n) is 1.61. The van der Waals surface area contributed by atoms with Crippen LogP contribution in [0.2, 0.25) is 0 Å². The molecule has 0 unspecified atom stereocenters. The summed E-state index contributed by atoms with van der Waals surface area (Å²) in [6.07, 6.45) is 8.65. The number of hydrogen-bond acceptors (Lipinski definition) is 3. The Bertz CT molecular complexity index is 205. The second-order valence-electron chi connectivity index (χ2n) is 4.18. The number of unbranched alkanes of at least 4 members (excludes halogenated alkanes) is 6. The van der Waals surface area contributed by atoms with Crippen molar-refractivity contribution in [2.45, 2.75) is 57.8 Å². The standard InChI is InChI=1S/C12H24N2O2/c13-10-11(15)8-6-4-2-1-3-5-7-9-12(14)16/h1-10,13H2,(H2,14,16). The summed E-state index contributed by atoms with van der Waals surface area (Å²) < 4.78 is 0. The molecule has 0 saturated carbocycles. The summed E-state index contributed by atoms with van der Waals surface area (Å²) in [5.74, 6) is -0.0539. The van der Waals surface area contributed by atoms with E-state index in [1.807, 2.05) is 0 Å². The van der Waals surface area contributed by atoms with Crippen LogP contribution in [0.3, 0.4) is 0 Å². The van der Waals surface area contributed by atoms with Gasteiger partial charge in [-0.05, 0) is 12.8 Å². The van der Waals surface area contributed by atoms with Crippen molar-refractivity contribution in [1.82, 2.24) is 0 Å². The van der Waals surface area contributed by atoms with Crippen molar-refractivity contribution in [2.75, 3.05) is 6.54 Å². The first-order valence-electron chi connectivity index (χ1n) is 6.17. The van der Waals surface area contributed by atoms with Gasteiger partial charge >= 0.3 is 0 Å². The average Bonchev–Trinajstić information content (AvgIpc) is 2.26. The van der Waals surface area contributed by atoms with Crippen molar-refractivity contribution in [3.63, 3.8) is 0 Å². The molecule has 0 aromatic rings. The van der Waals surface area contributed by atoms with Gasteiger partial charge in [-0.1, -0.05) is 32.1 Å². The molecule has 0 saturated heterocycles. The first kappa shape index (κ1) is 15.1. The van der Waals surface area contributed by atoms with Gasteiger partial charge in [0.05, 0.1) is 6.54 Å².